The fourth-order valence-electron chi connectivity index (χ4n) is 6.05. The lowest BCUT2D eigenvalue weighted by molar-refractivity contribution is -0.152. The van der Waals surface area contributed by atoms with E-state index in [2.05, 4.69) is 56.4 Å². The number of unbranched alkanes of at least 4 members (excludes halogenated alkanes) is 18. The monoisotopic (exact) mass is 757 g/mol. The molecular formula is C48H84O6. The molecule has 0 rings (SSSR count). The van der Waals surface area contributed by atoms with Gasteiger partial charge in [0.25, 0.3) is 0 Å². The predicted octanol–water partition coefficient (Wildman–Crippen LogP) is 13.2. The Balaban J connectivity index is 3.50. The van der Waals surface area contributed by atoms with E-state index in [1.54, 1.807) is 6.08 Å². The number of ether oxygens (including phenoxy) is 2. The smallest absolute Gasteiger partial charge is 0.305 e. The third-order valence-corrected chi connectivity index (χ3v) is 9.97. The average molecular weight is 757 g/mol. The maximum atomic E-state index is 12.0. The van der Waals surface area contributed by atoms with Gasteiger partial charge in [-0.15, -0.1) is 0 Å². The van der Waals surface area contributed by atoms with Crippen LogP contribution in [0.5, 0.6) is 0 Å². The van der Waals surface area contributed by atoms with Gasteiger partial charge >= 0.3 is 11.9 Å². The van der Waals surface area contributed by atoms with Crippen molar-refractivity contribution >= 4 is 11.9 Å². The normalized spacial score (nSPS) is 13.9. The third kappa shape index (κ3) is 40.7. The molecule has 3 atom stereocenters. The number of carbonyl (C=O) groups excluding carboxylic acids is 2. The predicted molar refractivity (Wildman–Crippen MR) is 229 cm³/mol. The second-order valence-corrected chi connectivity index (χ2v) is 15.2. The number of allylic oxidation sites excluding steroid dienone is 9. The lowest BCUT2D eigenvalue weighted by atomic mass is 9.99. The van der Waals surface area contributed by atoms with Gasteiger partial charge in [-0.2, -0.15) is 0 Å². The quantitative estimate of drug-likeness (QED) is 0.0281. The summed E-state index contributed by atoms with van der Waals surface area (Å²) in [6, 6.07) is 0. The van der Waals surface area contributed by atoms with E-state index in [0.29, 0.717) is 19.3 Å². The third-order valence-electron chi connectivity index (χ3n) is 9.97. The van der Waals surface area contributed by atoms with E-state index in [4.69, 9.17) is 9.47 Å². The molecule has 0 spiro atoms. The zero-order valence-corrected chi connectivity index (χ0v) is 35.2. The zero-order chi connectivity index (χ0) is 39.6. The van der Waals surface area contributed by atoms with Gasteiger partial charge in [-0.1, -0.05) is 204 Å². The second kappa shape index (κ2) is 41.7. The Morgan fingerprint density at radius 2 is 0.907 bits per heavy atom. The van der Waals surface area contributed by atoms with Crippen LogP contribution in [0.4, 0.5) is 0 Å². The molecule has 2 N–H and O–H groups in total. The van der Waals surface area contributed by atoms with Gasteiger partial charge in [0.2, 0.25) is 0 Å². The summed E-state index contributed by atoms with van der Waals surface area (Å²) in [5.41, 5.74) is 0. The van der Waals surface area contributed by atoms with Crippen molar-refractivity contribution in [3.8, 4) is 0 Å². The first-order chi connectivity index (χ1) is 26.4. The summed E-state index contributed by atoms with van der Waals surface area (Å²) < 4.78 is 10.3. The van der Waals surface area contributed by atoms with Gasteiger partial charge < -0.3 is 19.7 Å². The highest BCUT2D eigenvalue weighted by atomic mass is 16.6. The van der Waals surface area contributed by atoms with Crippen LogP contribution in [-0.2, 0) is 19.1 Å². The summed E-state index contributed by atoms with van der Waals surface area (Å²) >= 11 is 0. The van der Waals surface area contributed by atoms with Crippen LogP contribution in [0.25, 0.3) is 0 Å². The lowest BCUT2D eigenvalue weighted by Crippen LogP contribution is -2.25. The van der Waals surface area contributed by atoms with Crippen molar-refractivity contribution in [1.29, 1.82) is 0 Å². The van der Waals surface area contributed by atoms with Gasteiger partial charge in [0, 0.05) is 12.8 Å². The highest BCUT2D eigenvalue weighted by Crippen LogP contribution is 2.17. The Hall–Kier alpha value is -2.44. The molecule has 0 aromatic carbocycles. The SMILES string of the molecule is CCC(C)CCCCCCCCCCCCCCCCCCCCC(=O)OC[C@H](O)COC(=O)CCC/C=C\C/C=C\C/C=C\C/C=C\C=C\[C@@H](O)CC. The summed E-state index contributed by atoms with van der Waals surface area (Å²) in [5.74, 6) is 0.263. The van der Waals surface area contributed by atoms with Crippen molar-refractivity contribution in [3.63, 3.8) is 0 Å². The second-order valence-electron chi connectivity index (χ2n) is 15.2. The molecule has 0 aliphatic heterocycles. The zero-order valence-electron chi connectivity index (χ0n) is 35.2. The molecule has 0 radical (unpaired) electrons. The first-order valence-corrected chi connectivity index (χ1v) is 22.3. The molecule has 312 valence electrons. The Bertz CT molecular complexity index is 980. The van der Waals surface area contributed by atoms with Crippen molar-refractivity contribution in [2.24, 2.45) is 5.92 Å². The maximum Gasteiger partial charge on any atom is 0.305 e. The molecule has 1 unspecified atom stereocenters. The first-order valence-electron chi connectivity index (χ1n) is 22.3. The van der Waals surface area contributed by atoms with E-state index < -0.39 is 6.10 Å². The van der Waals surface area contributed by atoms with Crippen molar-refractivity contribution in [1.82, 2.24) is 0 Å². The van der Waals surface area contributed by atoms with Gasteiger partial charge in [0.1, 0.15) is 19.3 Å². The van der Waals surface area contributed by atoms with Crippen LogP contribution < -0.4 is 0 Å². The van der Waals surface area contributed by atoms with E-state index in [1.807, 2.05) is 19.1 Å². The molecule has 0 saturated carbocycles. The van der Waals surface area contributed by atoms with Crippen LogP contribution in [-0.4, -0.2) is 47.6 Å². The van der Waals surface area contributed by atoms with Crippen LogP contribution in [0.3, 0.4) is 0 Å². The minimum absolute atomic E-state index is 0.142. The number of aliphatic hydroxyl groups excluding tert-OH is 2. The maximum absolute atomic E-state index is 12.0. The average Bonchev–Trinajstić information content (AvgIpc) is 3.17. The van der Waals surface area contributed by atoms with Crippen LogP contribution in [0.1, 0.15) is 201 Å². The molecule has 0 aromatic rings. The molecule has 0 aliphatic rings. The molecule has 0 aliphatic carbocycles. The largest absolute Gasteiger partial charge is 0.463 e. The van der Waals surface area contributed by atoms with E-state index in [0.717, 1.165) is 57.3 Å². The fraction of sp³-hybridized carbons (Fsp3) is 0.750. The van der Waals surface area contributed by atoms with Crippen LogP contribution in [0.2, 0.25) is 0 Å². The van der Waals surface area contributed by atoms with E-state index in [9.17, 15) is 19.8 Å². The van der Waals surface area contributed by atoms with Gasteiger partial charge in [-0.3, -0.25) is 9.59 Å². The molecule has 0 amide bonds. The molecule has 6 heteroatoms. The molecule has 6 nitrogen and oxygen atoms in total. The minimum atomic E-state index is -0.998. The summed E-state index contributed by atoms with van der Waals surface area (Å²) in [4.78, 5) is 24.0. The molecule has 0 bridgehead atoms. The van der Waals surface area contributed by atoms with Gasteiger partial charge in [-0.05, 0) is 50.9 Å². The minimum Gasteiger partial charge on any atom is -0.463 e. The number of rotatable bonds is 39. The summed E-state index contributed by atoms with van der Waals surface area (Å²) in [5, 5.41) is 19.5. The van der Waals surface area contributed by atoms with Crippen molar-refractivity contribution in [2.45, 2.75) is 213 Å². The highest BCUT2D eigenvalue weighted by Gasteiger charge is 2.12. The molecular weight excluding hydrogens is 673 g/mol. The number of esters is 2. The highest BCUT2D eigenvalue weighted by molar-refractivity contribution is 5.69. The van der Waals surface area contributed by atoms with Crippen LogP contribution in [0.15, 0.2) is 60.8 Å². The Morgan fingerprint density at radius 1 is 0.500 bits per heavy atom. The van der Waals surface area contributed by atoms with Crippen molar-refractivity contribution in [3.05, 3.63) is 60.8 Å². The standard InChI is InChI=1S/C48H84O6/c1-4-44(3)38-34-30-26-22-18-14-10-8-6-7-9-11-16-20-24-28-32-36-40-47(51)53-42-46(50)43-54-48(52)41-37-33-29-25-21-17-13-12-15-19-23-27-31-35-39-45(49)5-2/h13,15,17,19,25,27,29,31,35,39,44-46,49-50H,4-12,14,16,18,20-24,26,28,30,32-34,36-38,40-43H2,1-3H3/b17-13-,19-15-,29-25-,31-27-,39-35+/t44?,45-,46-/m0/s1. The Labute approximate surface area is 333 Å². The Morgan fingerprint density at radius 3 is 1.37 bits per heavy atom. The Kier molecular flexibility index (Phi) is 39.8. The van der Waals surface area contributed by atoms with Crippen molar-refractivity contribution < 1.29 is 29.3 Å². The molecule has 0 aromatic heterocycles. The fourth-order valence-corrected chi connectivity index (χ4v) is 6.05. The van der Waals surface area contributed by atoms with E-state index >= 15 is 0 Å². The number of carbonyl (C=O) groups is 2. The number of hydrogen-bond donors (Lipinski definition) is 2. The first kappa shape index (κ1) is 51.6. The van der Waals surface area contributed by atoms with E-state index in [1.165, 1.54) is 109 Å². The van der Waals surface area contributed by atoms with Gasteiger partial charge in [0.05, 0.1) is 6.10 Å². The van der Waals surface area contributed by atoms with Crippen molar-refractivity contribution in [2.75, 3.05) is 13.2 Å². The number of aliphatic hydroxyl groups is 2. The number of hydrogen-bond acceptors (Lipinski definition) is 6. The summed E-state index contributed by atoms with van der Waals surface area (Å²) in [6.45, 7) is 6.33. The summed E-state index contributed by atoms with van der Waals surface area (Å²) in [7, 11) is 0. The van der Waals surface area contributed by atoms with E-state index in [-0.39, 0.29) is 31.3 Å². The van der Waals surface area contributed by atoms with Gasteiger partial charge in [-0.25, -0.2) is 0 Å². The molecule has 0 saturated heterocycles. The van der Waals surface area contributed by atoms with Crippen LogP contribution >= 0.6 is 0 Å². The van der Waals surface area contributed by atoms with Crippen LogP contribution in [0, 0.1) is 5.92 Å². The molecule has 54 heavy (non-hydrogen) atoms. The topological polar surface area (TPSA) is 93.1 Å². The summed E-state index contributed by atoms with van der Waals surface area (Å²) in [6.07, 6.45) is 50.9. The lowest BCUT2D eigenvalue weighted by Gasteiger charge is -2.12. The molecule has 0 fully saturated rings. The van der Waals surface area contributed by atoms with Gasteiger partial charge in [0.15, 0.2) is 0 Å². The molecule has 0 heterocycles.